The van der Waals surface area contributed by atoms with Crippen LogP contribution < -0.4 is 10.6 Å². The van der Waals surface area contributed by atoms with E-state index in [1.165, 1.54) is 19.3 Å². The number of hydrogen-bond donors (Lipinski definition) is 3. The summed E-state index contributed by atoms with van der Waals surface area (Å²) in [6, 6.07) is 7.73. The molecule has 3 aromatic rings. The summed E-state index contributed by atoms with van der Waals surface area (Å²) in [6.45, 7) is 1.99. The molecule has 144 valence electrons. The second-order valence-corrected chi connectivity index (χ2v) is 7.79. The van der Waals surface area contributed by atoms with E-state index in [2.05, 4.69) is 25.9 Å². The van der Waals surface area contributed by atoms with Crippen molar-refractivity contribution in [1.82, 2.24) is 20.0 Å². The number of nitrogens with one attached hydrogen (secondary N) is 3. The molecule has 3 heterocycles. The smallest absolute Gasteiger partial charge is 0.255 e. The van der Waals surface area contributed by atoms with Crippen molar-refractivity contribution in [2.75, 3.05) is 10.6 Å². The highest BCUT2D eigenvalue weighted by molar-refractivity contribution is 6.06. The van der Waals surface area contributed by atoms with Crippen molar-refractivity contribution in [2.45, 2.75) is 45.1 Å². The molecular formula is C21H24N6O. The Labute approximate surface area is 163 Å². The average Bonchev–Trinajstić information content (AvgIpc) is 3.36. The molecule has 0 bridgehead atoms. The monoisotopic (exact) mass is 376 g/mol. The first kappa shape index (κ1) is 17.0. The summed E-state index contributed by atoms with van der Waals surface area (Å²) in [5.74, 6) is 1.33. The number of aromatic amines is 1. The highest BCUT2D eigenvalue weighted by Crippen LogP contribution is 2.42. The molecule has 1 unspecified atom stereocenters. The van der Waals surface area contributed by atoms with E-state index >= 15 is 0 Å². The molecule has 0 saturated heterocycles. The van der Waals surface area contributed by atoms with Crippen molar-refractivity contribution >= 4 is 28.3 Å². The van der Waals surface area contributed by atoms with Crippen LogP contribution in [0.5, 0.6) is 0 Å². The maximum atomic E-state index is 13.4. The summed E-state index contributed by atoms with van der Waals surface area (Å²) in [6.07, 6.45) is 9.55. The SMILES string of the molecule is CC1=C(C(=O)Nc2ccc3[nH]ncc3c2)C(C2CCCCC2)n2nccc2N1. The molecule has 1 atom stereocenters. The predicted molar refractivity (Wildman–Crippen MR) is 109 cm³/mol. The Bertz CT molecular complexity index is 1060. The van der Waals surface area contributed by atoms with Gasteiger partial charge in [0.1, 0.15) is 5.82 Å². The molecule has 1 fully saturated rings. The Hall–Kier alpha value is -3.09. The van der Waals surface area contributed by atoms with Crippen molar-refractivity contribution in [1.29, 1.82) is 0 Å². The van der Waals surface area contributed by atoms with Gasteiger partial charge in [-0.3, -0.25) is 9.89 Å². The van der Waals surface area contributed by atoms with E-state index in [1.807, 2.05) is 35.9 Å². The van der Waals surface area contributed by atoms with Crippen LogP contribution in [-0.4, -0.2) is 25.9 Å². The summed E-state index contributed by atoms with van der Waals surface area (Å²) in [7, 11) is 0. The number of rotatable bonds is 3. The highest BCUT2D eigenvalue weighted by Gasteiger charge is 2.37. The maximum Gasteiger partial charge on any atom is 0.255 e. The van der Waals surface area contributed by atoms with E-state index in [4.69, 9.17) is 0 Å². The Kier molecular flexibility index (Phi) is 4.15. The first-order valence-electron chi connectivity index (χ1n) is 9.96. The number of H-pyrrole nitrogens is 1. The van der Waals surface area contributed by atoms with E-state index in [9.17, 15) is 4.79 Å². The molecule has 2 aromatic heterocycles. The quantitative estimate of drug-likeness (QED) is 0.639. The Morgan fingerprint density at radius 3 is 2.93 bits per heavy atom. The number of carbonyl (C=O) groups is 1. The zero-order valence-corrected chi connectivity index (χ0v) is 15.9. The number of aromatic nitrogens is 4. The van der Waals surface area contributed by atoms with Crippen LogP contribution in [0.3, 0.4) is 0 Å². The fraction of sp³-hybridized carbons (Fsp3) is 0.381. The van der Waals surface area contributed by atoms with Crippen LogP contribution >= 0.6 is 0 Å². The topological polar surface area (TPSA) is 87.6 Å². The molecule has 1 aliphatic carbocycles. The van der Waals surface area contributed by atoms with Crippen LogP contribution in [0.1, 0.15) is 45.1 Å². The Balaban J connectivity index is 1.48. The molecule has 3 N–H and O–H groups in total. The molecular weight excluding hydrogens is 352 g/mol. The van der Waals surface area contributed by atoms with E-state index in [1.54, 1.807) is 12.4 Å². The first-order valence-corrected chi connectivity index (χ1v) is 9.96. The number of hydrogen-bond acceptors (Lipinski definition) is 4. The van der Waals surface area contributed by atoms with E-state index < -0.39 is 0 Å². The largest absolute Gasteiger partial charge is 0.344 e. The lowest BCUT2D eigenvalue weighted by atomic mass is 9.79. The molecule has 7 nitrogen and oxygen atoms in total. The fourth-order valence-corrected chi connectivity index (χ4v) is 4.65. The number of nitrogens with zero attached hydrogens (tertiary/aromatic N) is 3. The van der Waals surface area contributed by atoms with Gasteiger partial charge in [-0.15, -0.1) is 0 Å². The molecule has 7 heteroatoms. The summed E-state index contributed by atoms with van der Waals surface area (Å²) in [5, 5.41) is 19.0. The number of anilines is 2. The minimum absolute atomic E-state index is 0.0239. The number of fused-ring (bicyclic) bond motifs is 2. The van der Waals surface area contributed by atoms with Gasteiger partial charge in [0.15, 0.2) is 0 Å². The van der Waals surface area contributed by atoms with Gasteiger partial charge in [0.2, 0.25) is 0 Å². The molecule has 1 saturated carbocycles. The first-order chi connectivity index (χ1) is 13.7. The summed E-state index contributed by atoms with van der Waals surface area (Å²) in [5.41, 5.74) is 3.42. The van der Waals surface area contributed by atoms with Gasteiger partial charge < -0.3 is 10.6 Å². The van der Waals surface area contributed by atoms with Gasteiger partial charge in [0, 0.05) is 22.8 Å². The fourth-order valence-electron chi connectivity index (χ4n) is 4.65. The summed E-state index contributed by atoms with van der Waals surface area (Å²) < 4.78 is 2.00. The second kappa shape index (κ2) is 6.82. The Morgan fingerprint density at radius 1 is 1.21 bits per heavy atom. The standard InChI is InChI=1S/C21H24N6O/c1-13-19(21(28)25-16-7-8-17-15(11-16)12-22-26-17)20(14-5-3-2-4-6-14)27-18(24-13)9-10-23-27/h7-12,14,20,24H,2-6H2,1H3,(H,22,26)(H,25,28). The van der Waals surface area contributed by atoms with Crippen molar-refractivity contribution in [2.24, 2.45) is 5.92 Å². The maximum absolute atomic E-state index is 13.4. The highest BCUT2D eigenvalue weighted by atomic mass is 16.1. The molecule has 28 heavy (non-hydrogen) atoms. The van der Waals surface area contributed by atoms with Gasteiger partial charge in [-0.2, -0.15) is 10.2 Å². The number of amides is 1. The molecule has 1 amide bonds. The van der Waals surface area contributed by atoms with Crippen molar-refractivity contribution in [3.63, 3.8) is 0 Å². The zero-order valence-electron chi connectivity index (χ0n) is 15.9. The Morgan fingerprint density at radius 2 is 2.07 bits per heavy atom. The van der Waals surface area contributed by atoms with Gasteiger partial charge in [-0.1, -0.05) is 19.3 Å². The van der Waals surface area contributed by atoms with Crippen molar-refractivity contribution in [3.8, 4) is 0 Å². The lowest BCUT2D eigenvalue weighted by Crippen LogP contribution is -2.35. The van der Waals surface area contributed by atoms with E-state index in [-0.39, 0.29) is 11.9 Å². The second-order valence-electron chi connectivity index (χ2n) is 7.79. The molecule has 0 radical (unpaired) electrons. The third kappa shape index (κ3) is 2.87. The zero-order chi connectivity index (χ0) is 19.1. The van der Waals surface area contributed by atoms with Gasteiger partial charge in [-0.05, 0) is 43.9 Å². The van der Waals surface area contributed by atoms with Crippen LogP contribution in [0.4, 0.5) is 11.5 Å². The molecule has 5 rings (SSSR count). The average molecular weight is 376 g/mol. The normalized spacial score (nSPS) is 20.1. The van der Waals surface area contributed by atoms with Gasteiger partial charge >= 0.3 is 0 Å². The van der Waals surface area contributed by atoms with Crippen LogP contribution in [0, 0.1) is 5.92 Å². The minimum Gasteiger partial charge on any atom is -0.344 e. The minimum atomic E-state index is -0.0652. The van der Waals surface area contributed by atoms with Crippen molar-refractivity contribution in [3.05, 3.63) is 47.9 Å². The van der Waals surface area contributed by atoms with Crippen LogP contribution in [-0.2, 0) is 4.79 Å². The number of allylic oxidation sites excluding steroid dienone is 1. The third-order valence-electron chi connectivity index (χ3n) is 5.99. The lowest BCUT2D eigenvalue weighted by molar-refractivity contribution is -0.113. The van der Waals surface area contributed by atoms with E-state index in [0.29, 0.717) is 5.92 Å². The number of benzene rings is 1. The van der Waals surface area contributed by atoms with Gasteiger partial charge in [-0.25, -0.2) is 4.68 Å². The van der Waals surface area contributed by atoms with Gasteiger partial charge in [0.25, 0.3) is 5.91 Å². The number of carbonyl (C=O) groups excluding carboxylic acids is 1. The molecule has 1 aliphatic heterocycles. The summed E-state index contributed by atoms with van der Waals surface area (Å²) >= 11 is 0. The van der Waals surface area contributed by atoms with Crippen LogP contribution in [0.15, 0.2) is 47.9 Å². The van der Waals surface area contributed by atoms with Crippen molar-refractivity contribution < 1.29 is 4.79 Å². The van der Waals surface area contributed by atoms with Crippen LogP contribution in [0.25, 0.3) is 10.9 Å². The van der Waals surface area contributed by atoms with Gasteiger partial charge in [0.05, 0.1) is 29.5 Å². The predicted octanol–water partition coefficient (Wildman–Crippen LogP) is 4.22. The molecule has 2 aliphatic rings. The lowest BCUT2D eigenvalue weighted by Gasteiger charge is -2.36. The summed E-state index contributed by atoms with van der Waals surface area (Å²) in [4.78, 5) is 13.4. The van der Waals surface area contributed by atoms with Crippen LogP contribution in [0.2, 0.25) is 0 Å². The van der Waals surface area contributed by atoms with E-state index in [0.717, 1.165) is 46.5 Å². The third-order valence-corrected chi connectivity index (χ3v) is 5.99. The molecule has 1 aromatic carbocycles. The molecule has 0 spiro atoms.